The molecule has 2 rings (SSSR count). The van der Waals surface area contributed by atoms with Crippen LogP contribution in [0.25, 0.3) is 0 Å². The van der Waals surface area contributed by atoms with Crippen LogP contribution in [-0.4, -0.2) is 13.5 Å². The number of anilines is 1. The minimum absolute atomic E-state index is 0.0745. The van der Waals surface area contributed by atoms with Crippen molar-refractivity contribution in [3.05, 3.63) is 59.2 Å². The topological polar surface area (TPSA) is 92.4 Å². The molecule has 2 aromatic rings. The highest BCUT2D eigenvalue weighted by molar-refractivity contribution is 7.89. The van der Waals surface area contributed by atoms with Gasteiger partial charge in [-0.25, -0.2) is 13.1 Å². The number of nitrogens with two attached hydrogens (primary N) is 1. The number of aliphatic hydroxyl groups excluding tert-OH is 1. The molecule has 0 radical (unpaired) electrons. The molecular formula is C15H18N2O3S. The third-order valence-corrected chi connectivity index (χ3v) is 4.69. The Kier molecular flexibility index (Phi) is 4.62. The number of rotatable bonds is 5. The molecule has 0 saturated heterocycles. The summed E-state index contributed by atoms with van der Waals surface area (Å²) in [7, 11) is -3.62. The van der Waals surface area contributed by atoms with Gasteiger partial charge in [0.05, 0.1) is 11.5 Å². The van der Waals surface area contributed by atoms with Gasteiger partial charge in [0, 0.05) is 12.2 Å². The molecule has 2 aromatic carbocycles. The van der Waals surface area contributed by atoms with Gasteiger partial charge in [0.2, 0.25) is 10.0 Å². The molecule has 21 heavy (non-hydrogen) atoms. The largest absolute Gasteiger partial charge is 0.399 e. The van der Waals surface area contributed by atoms with Gasteiger partial charge in [0.15, 0.2) is 0 Å². The summed E-state index contributed by atoms with van der Waals surface area (Å²) in [6.07, 6.45) is 0. The first kappa shape index (κ1) is 15.5. The van der Waals surface area contributed by atoms with Crippen LogP contribution in [0.5, 0.6) is 0 Å². The fourth-order valence-electron chi connectivity index (χ4n) is 2.00. The maximum atomic E-state index is 12.3. The lowest BCUT2D eigenvalue weighted by atomic mass is 10.1. The number of aryl methyl sites for hydroxylation is 1. The van der Waals surface area contributed by atoms with Crippen LogP contribution < -0.4 is 10.5 Å². The van der Waals surface area contributed by atoms with Crippen molar-refractivity contribution in [2.24, 2.45) is 0 Å². The predicted octanol–water partition coefficient (Wildman–Crippen LogP) is 1.55. The summed E-state index contributed by atoms with van der Waals surface area (Å²) < 4.78 is 27.2. The second-order valence-corrected chi connectivity index (χ2v) is 6.56. The van der Waals surface area contributed by atoms with Crippen molar-refractivity contribution in [2.45, 2.75) is 25.0 Å². The Balaban J connectivity index is 2.19. The zero-order valence-electron chi connectivity index (χ0n) is 11.7. The number of hydrogen-bond acceptors (Lipinski definition) is 4. The molecule has 0 fully saturated rings. The van der Waals surface area contributed by atoms with Gasteiger partial charge in [-0.3, -0.25) is 0 Å². The predicted molar refractivity (Wildman–Crippen MR) is 82.0 cm³/mol. The molecule has 6 heteroatoms. The minimum atomic E-state index is -3.62. The van der Waals surface area contributed by atoms with Crippen LogP contribution in [0.3, 0.4) is 0 Å². The molecule has 0 aliphatic rings. The summed E-state index contributed by atoms with van der Waals surface area (Å²) in [5.74, 6) is 0. The minimum Gasteiger partial charge on any atom is -0.399 e. The summed E-state index contributed by atoms with van der Waals surface area (Å²) >= 11 is 0. The Morgan fingerprint density at radius 3 is 2.57 bits per heavy atom. The van der Waals surface area contributed by atoms with E-state index in [4.69, 9.17) is 10.8 Å². The zero-order valence-corrected chi connectivity index (χ0v) is 12.5. The fourth-order valence-corrected chi connectivity index (χ4v) is 3.30. The molecule has 5 nitrogen and oxygen atoms in total. The van der Waals surface area contributed by atoms with Gasteiger partial charge >= 0.3 is 0 Å². The Morgan fingerprint density at radius 1 is 1.14 bits per heavy atom. The van der Waals surface area contributed by atoms with E-state index in [1.807, 2.05) is 0 Å². The second kappa shape index (κ2) is 6.26. The average molecular weight is 306 g/mol. The molecule has 0 spiro atoms. The lowest BCUT2D eigenvalue weighted by Crippen LogP contribution is -2.24. The van der Waals surface area contributed by atoms with Crippen LogP contribution in [-0.2, 0) is 23.2 Å². The summed E-state index contributed by atoms with van der Waals surface area (Å²) in [5, 5.41) is 9.08. The highest BCUT2D eigenvalue weighted by atomic mass is 32.2. The zero-order chi connectivity index (χ0) is 15.5. The normalized spacial score (nSPS) is 11.5. The highest BCUT2D eigenvalue weighted by Crippen LogP contribution is 2.18. The van der Waals surface area contributed by atoms with E-state index >= 15 is 0 Å². The van der Waals surface area contributed by atoms with Gasteiger partial charge in [-0.05, 0) is 35.7 Å². The highest BCUT2D eigenvalue weighted by Gasteiger charge is 2.16. The smallest absolute Gasteiger partial charge is 0.241 e. The molecule has 0 atom stereocenters. The molecule has 4 N–H and O–H groups in total. The number of nitrogens with one attached hydrogen (secondary N) is 1. The Hall–Kier alpha value is -1.89. The van der Waals surface area contributed by atoms with Gasteiger partial charge in [-0.15, -0.1) is 0 Å². The molecule has 0 saturated carbocycles. The molecule has 0 bridgehead atoms. The first-order valence-corrected chi connectivity index (χ1v) is 7.95. The number of aliphatic hydroxyl groups is 1. The standard InChI is InChI=1S/C15H18N2O3S/c1-11-5-6-14(16)8-15(11)21(19,20)17-9-12-3-2-4-13(7-12)10-18/h2-8,17-18H,9-10,16H2,1H3. The van der Waals surface area contributed by atoms with E-state index in [1.54, 1.807) is 43.3 Å². The summed E-state index contributed by atoms with van der Waals surface area (Å²) in [5.41, 5.74) is 8.22. The van der Waals surface area contributed by atoms with Crippen LogP contribution in [0.15, 0.2) is 47.4 Å². The van der Waals surface area contributed by atoms with Crippen molar-refractivity contribution >= 4 is 15.7 Å². The molecule has 0 heterocycles. The number of benzene rings is 2. The van der Waals surface area contributed by atoms with Crippen molar-refractivity contribution in [1.29, 1.82) is 0 Å². The van der Waals surface area contributed by atoms with Crippen LogP contribution >= 0.6 is 0 Å². The van der Waals surface area contributed by atoms with Crippen LogP contribution in [0.4, 0.5) is 5.69 Å². The van der Waals surface area contributed by atoms with Crippen molar-refractivity contribution in [3.8, 4) is 0 Å². The van der Waals surface area contributed by atoms with Crippen molar-refractivity contribution in [3.63, 3.8) is 0 Å². The van der Waals surface area contributed by atoms with Gasteiger partial charge in [0.25, 0.3) is 0 Å². The molecule has 0 unspecified atom stereocenters. The van der Waals surface area contributed by atoms with Gasteiger partial charge in [-0.1, -0.05) is 30.3 Å². The van der Waals surface area contributed by atoms with E-state index < -0.39 is 10.0 Å². The van der Waals surface area contributed by atoms with E-state index in [1.165, 1.54) is 6.07 Å². The Morgan fingerprint density at radius 2 is 1.86 bits per heavy atom. The van der Waals surface area contributed by atoms with E-state index in [0.717, 1.165) is 11.1 Å². The summed E-state index contributed by atoms with van der Waals surface area (Å²) in [6.45, 7) is 1.81. The molecule has 0 aromatic heterocycles. The third kappa shape index (κ3) is 3.81. The maximum Gasteiger partial charge on any atom is 0.241 e. The number of sulfonamides is 1. The Labute approximate surface area is 124 Å². The van der Waals surface area contributed by atoms with Crippen LogP contribution in [0, 0.1) is 6.92 Å². The quantitative estimate of drug-likeness (QED) is 0.731. The first-order valence-electron chi connectivity index (χ1n) is 6.47. The molecular weight excluding hydrogens is 288 g/mol. The van der Waals surface area contributed by atoms with E-state index in [-0.39, 0.29) is 18.0 Å². The summed E-state index contributed by atoms with van der Waals surface area (Å²) in [4.78, 5) is 0.181. The fraction of sp³-hybridized carbons (Fsp3) is 0.200. The summed E-state index contributed by atoms with van der Waals surface area (Å²) in [6, 6.07) is 11.9. The van der Waals surface area contributed by atoms with Gasteiger partial charge < -0.3 is 10.8 Å². The van der Waals surface area contributed by atoms with Crippen molar-refractivity contribution in [2.75, 3.05) is 5.73 Å². The molecule has 112 valence electrons. The van der Waals surface area contributed by atoms with Crippen molar-refractivity contribution in [1.82, 2.24) is 4.72 Å². The second-order valence-electron chi connectivity index (χ2n) is 4.83. The molecule has 0 aliphatic heterocycles. The number of nitrogen functional groups attached to an aromatic ring is 1. The first-order chi connectivity index (χ1) is 9.92. The monoisotopic (exact) mass is 306 g/mol. The molecule has 0 amide bonds. The van der Waals surface area contributed by atoms with E-state index in [0.29, 0.717) is 11.3 Å². The lowest BCUT2D eigenvalue weighted by molar-refractivity contribution is 0.281. The van der Waals surface area contributed by atoms with Gasteiger partial charge in [0.1, 0.15) is 0 Å². The maximum absolute atomic E-state index is 12.3. The Bertz CT molecular complexity index is 742. The SMILES string of the molecule is Cc1ccc(N)cc1S(=O)(=O)NCc1cccc(CO)c1. The van der Waals surface area contributed by atoms with E-state index in [2.05, 4.69) is 4.72 Å². The van der Waals surface area contributed by atoms with Crippen LogP contribution in [0.2, 0.25) is 0 Å². The molecule has 0 aliphatic carbocycles. The lowest BCUT2D eigenvalue weighted by Gasteiger charge is -2.10. The average Bonchev–Trinajstić information content (AvgIpc) is 2.48. The van der Waals surface area contributed by atoms with Gasteiger partial charge in [-0.2, -0.15) is 0 Å². The number of hydrogen-bond donors (Lipinski definition) is 3. The van der Waals surface area contributed by atoms with Crippen LogP contribution in [0.1, 0.15) is 16.7 Å². The van der Waals surface area contributed by atoms with E-state index in [9.17, 15) is 8.42 Å². The third-order valence-electron chi connectivity index (χ3n) is 3.14. The van der Waals surface area contributed by atoms with Crippen molar-refractivity contribution < 1.29 is 13.5 Å².